The highest BCUT2D eigenvalue weighted by Crippen LogP contribution is 2.20. The van der Waals surface area contributed by atoms with Crippen LogP contribution >= 0.6 is 0 Å². The SMILES string of the molecule is CCC(CNC(=O)OC(C)(C)C)NCC(C)(C)CCC#N. The molecule has 5 heteroatoms. The van der Waals surface area contributed by atoms with Crippen molar-refractivity contribution in [3.63, 3.8) is 0 Å². The van der Waals surface area contributed by atoms with Crippen molar-refractivity contribution >= 4 is 6.09 Å². The van der Waals surface area contributed by atoms with Crippen molar-refractivity contribution in [2.75, 3.05) is 13.1 Å². The number of amides is 1. The lowest BCUT2D eigenvalue weighted by Crippen LogP contribution is -2.45. The molecule has 0 spiro atoms. The van der Waals surface area contributed by atoms with E-state index in [1.165, 1.54) is 0 Å². The van der Waals surface area contributed by atoms with Crippen molar-refractivity contribution in [1.29, 1.82) is 5.26 Å². The molecule has 0 saturated carbocycles. The first-order valence-corrected chi connectivity index (χ1v) is 7.67. The Morgan fingerprint density at radius 3 is 2.38 bits per heavy atom. The summed E-state index contributed by atoms with van der Waals surface area (Å²) in [7, 11) is 0. The Morgan fingerprint density at radius 2 is 1.90 bits per heavy atom. The van der Waals surface area contributed by atoms with Crippen LogP contribution < -0.4 is 10.6 Å². The Hall–Kier alpha value is -1.28. The summed E-state index contributed by atoms with van der Waals surface area (Å²) in [4.78, 5) is 11.6. The van der Waals surface area contributed by atoms with E-state index in [2.05, 4.69) is 37.5 Å². The molecular weight excluding hydrogens is 266 g/mol. The van der Waals surface area contributed by atoms with E-state index in [0.29, 0.717) is 13.0 Å². The molecule has 1 amide bonds. The summed E-state index contributed by atoms with van der Waals surface area (Å²) in [5, 5.41) is 14.9. The van der Waals surface area contributed by atoms with E-state index >= 15 is 0 Å². The van der Waals surface area contributed by atoms with E-state index in [1.54, 1.807) is 0 Å². The second kappa shape index (κ2) is 8.89. The lowest BCUT2D eigenvalue weighted by Gasteiger charge is -2.28. The zero-order valence-corrected chi connectivity index (χ0v) is 14.4. The molecule has 0 aliphatic heterocycles. The van der Waals surface area contributed by atoms with Crippen molar-refractivity contribution < 1.29 is 9.53 Å². The van der Waals surface area contributed by atoms with Gasteiger partial charge in [0.2, 0.25) is 0 Å². The number of alkyl carbamates (subject to hydrolysis) is 1. The average Bonchev–Trinajstić information content (AvgIpc) is 2.34. The summed E-state index contributed by atoms with van der Waals surface area (Å²) < 4.78 is 5.22. The second-order valence-corrected chi connectivity index (χ2v) is 7.19. The number of nitriles is 1. The molecule has 0 rings (SSSR count). The maximum atomic E-state index is 11.6. The fourth-order valence-corrected chi connectivity index (χ4v) is 1.78. The molecule has 0 heterocycles. The van der Waals surface area contributed by atoms with Gasteiger partial charge in [-0.15, -0.1) is 0 Å². The van der Waals surface area contributed by atoms with Gasteiger partial charge in [0, 0.05) is 25.6 Å². The molecule has 0 saturated heterocycles. The molecule has 1 unspecified atom stereocenters. The Labute approximate surface area is 129 Å². The van der Waals surface area contributed by atoms with Gasteiger partial charge in [-0.25, -0.2) is 4.79 Å². The molecular formula is C16H31N3O2. The van der Waals surface area contributed by atoms with Crippen LogP contribution in [0.15, 0.2) is 0 Å². The molecule has 0 aliphatic carbocycles. The third-order valence-electron chi connectivity index (χ3n) is 3.17. The summed E-state index contributed by atoms with van der Waals surface area (Å²) in [6, 6.07) is 2.39. The lowest BCUT2D eigenvalue weighted by molar-refractivity contribution is 0.0521. The minimum absolute atomic E-state index is 0.0784. The van der Waals surface area contributed by atoms with Gasteiger partial charge in [-0.1, -0.05) is 20.8 Å². The van der Waals surface area contributed by atoms with Gasteiger partial charge >= 0.3 is 6.09 Å². The Balaban J connectivity index is 4.12. The summed E-state index contributed by atoms with van der Waals surface area (Å²) in [5.41, 5.74) is -0.395. The number of hydrogen-bond acceptors (Lipinski definition) is 4. The van der Waals surface area contributed by atoms with E-state index < -0.39 is 5.60 Å². The fourth-order valence-electron chi connectivity index (χ4n) is 1.78. The quantitative estimate of drug-likeness (QED) is 0.721. The van der Waals surface area contributed by atoms with Crippen molar-refractivity contribution in [2.24, 2.45) is 5.41 Å². The minimum atomic E-state index is -0.474. The summed E-state index contributed by atoms with van der Waals surface area (Å²) in [5.74, 6) is 0. The number of carbonyl (C=O) groups is 1. The van der Waals surface area contributed by atoms with Gasteiger partial charge in [0.1, 0.15) is 5.60 Å². The molecule has 0 fully saturated rings. The van der Waals surface area contributed by atoms with Crippen molar-refractivity contribution in [3.8, 4) is 6.07 Å². The molecule has 0 aromatic carbocycles. The summed E-state index contributed by atoms with van der Waals surface area (Å²) >= 11 is 0. The zero-order valence-electron chi connectivity index (χ0n) is 14.4. The molecule has 5 nitrogen and oxygen atoms in total. The average molecular weight is 297 g/mol. The maximum absolute atomic E-state index is 11.6. The predicted octanol–water partition coefficient (Wildman–Crippen LogP) is 3.21. The monoisotopic (exact) mass is 297 g/mol. The first-order valence-electron chi connectivity index (χ1n) is 7.67. The number of ether oxygens (including phenoxy) is 1. The Kier molecular flexibility index (Phi) is 8.34. The number of rotatable bonds is 8. The predicted molar refractivity (Wildman–Crippen MR) is 84.9 cm³/mol. The first-order chi connectivity index (χ1) is 9.59. The van der Waals surface area contributed by atoms with Gasteiger partial charge < -0.3 is 15.4 Å². The third-order valence-corrected chi connectivity index (χ3v) is 3.17. The number of nitrogens with one attached hydrogen (secondary N) is 2. The van der Waals surface area contributed by atoms with Gasteiger partial charge in [0.25, 0.3) is 0 Å². The highest BCUT2D eigenvalue weighted by molar-refractivity contribution is 5.67. The largest absolute Gasteiger partial charge is 0.444 e. The second-order valence-electron chi connectivity index (χ2n) is 7.19. The normalized spacial score (nSPS) is 13.4. The zero-order chi connectivity index (χ0) is 16.5. The van der Waals surface area contributed by atoms with Crippen molar-refractivity contribution in [3.05, 3.63) is 0 Å². The van der Waals surface area contributed by atoms with Gasteiger partial charge in [-0.3, -0.25) is 0 Å². The van der Waals surface area contributed by atoms with Crippen LogP contribution in [0.25, 0.3) is 0 Å². The first kappa shape index (κ1) is 19.7. The lowest BCUT2D eigenvalue weighted by atomic mass is 9.87. The van der Waals surface area contributed by atoms with E-state index in [9.17, 15) is 4.79 Å². The van der Waals surface area contributed by atoms with Crippen molar-refractivity contribution in [2.45, 2.75) is 72.4 Å². The molecule has 0 bridgehead atoms. The maximum Gasteiger partial charge on any atom is 0.407 e. The van der Waals surface area contributed by atoms with Gasteiger partial charge in [0.05, 0.1) is 6.07 Å². The number of hydrogen-bond donors (Lipinski definition) is 2. The van der Waals surface area contributed by atoms with E-state index in [0.717, 1.165) is 19.4 Å². The van der Waals surface area contributed by atoms with Gasteiger partial charge in [-0.2, -0.15) is 5.26 Å². The molecule has 0 aliphatic rings. The van der Waals surface area contributed by atoms with Crippen LogP contribution in [0.3, 0.4) is 0 Å². The van der Waals surface area contributed by atoms with Crippen LogP contribution in [0.2, 0.25) is 0 Å². The molecule has 0 radical (unpaired) electrons. The van der Waals surface area contributed by atoms with Crippen molar-refractivity contribution in [1.82, 2.24) is 10.6 Å². The molecule has 122 valence electrons. The van der Waals surface area contributed by atoms with E-state index in [-0.39, 0.29) is 17.6 Å². The van der Waals surface area contributed by atoms with Crippen LogP contribution in [0.5, 0.6) is 0 Å². The number of nitrogens with zero attached hydrogens (tertiary/aromatic N) is 1. The van der Waals surface area contributed by atoms with E-state index in [4.69, 9.17) is 10.00 Å². The topological polar surface area (TPSA) is 74.2 Å². The van der Waals surface area contributed by atoms with E-state index in [1.807, 2.05) is 20.8 Å². The van der Waals surface area contributed by atoms with Crippen LogP contribution in [0, 0.1) is 16.7 Å². The molecule has 1 atom stereocenters. The Morgan fingerprint density at radius 1 is 1.29 bits per heavy atom. The van der Waals surface area contributed by atoms with Crippen LogP contribution in [0.1, 0.15) is 60.8 Å². The highest BCUT2D eigenvalue weighted by Gasteiger charge is 2.20. The summed E-state index contributed by atoms with van der Waals surface area (Å²) in [6.07, 6.45) is 1.98. The summed E-state index contributed by atoms with van der Waals surface area (Å²) in [6.45, 7) is 13.3. The van der Waals surface area contributed by atoms with Crippen LogP contribution in [-0.4, -0.2) is 30.8 Å². The third kappa shape index (κ3) is 11.1. The number of carbonyl (C=O) groups excluding carboxylic acids is 1. The highest BCUT2D eigenvalue weighted by atomic mass is 16.6. The molecule has 0 aromatic heterocycles. The smallest absolute Gasteiger partial charge is 0.407 e. The standard InChI is InChI=1S/C16H31N3O2/c1-7-13(11-18-14(20)21-15(2,3)4)19-12-16(5,6)9-8-10-17/h13,19H,7-9,11-12H2,1-6H3,(H,18,20). The molecule has 0 aromatic rings. The molecule has 2 N–H and O–H groups in total. The minimum Gasteiger partial charge on any atom is -0.444 e. The molecule has 21 heavy (non-hydrogen) atoms. The van der Waals surface area contributed by atoms with Gasteiger partial charge in [-0.05, 0) is 39.0 Å². The Bertz CT molecular complexity index is 354. The van der Waals surface area contributed by atoms with Gasteiger partial charge in [0.15, 0.2) is 0 Å². The van der Waals surface area contributed by atoms with Crippen LogP contribution in [-0.2, 0) is 4.74 Å². The van der Waals surface area contributed by atoms with Crippen LogP contribution in [0.4, 0.5) is 4.79 Å². The fraction of sp³-hybridized carbons (Fsp3) is 0.875.